The van der Waals surface area contributed by atoms with Crippen LogP contribution in [0.1, 0.15) is 19.0 Å². The molecule has 1 aliphatic rings. The average Bonchev–Trinajstić information content (AvgIpc) is 2.04. The molecule has 0 aromatic carbocycles. The van der Waals surface area contributed by atoms with Crippen molar-refractivity contribution in [1.82, 2.24) is 10.3 Å². The van der Waals surface area contributed by atoms with Crippen LogP contribution in [0.15, 0.2) is 24.4 Å². The van der Waals surface area contributed by atoms with E-state index in [0.29, 0.717) is 6.42 Å². The second-order valence-corrected chi connectivity index (χ2v) is 3.27. The van der Waals surface area contributed by atoms with E-state index in [2.05, 4.69) is 10.3 Å². The Kier molecular flexibility index (Phi) is 1.40. The number of nitrogens with one attached hydrogen (secondary N) is 1. The summed E-state index contributed by atoms with van der Waals surface area (Å²) in [6.07, 6.45) is 2.29. The van der Waals surface area contributed by atoms with Gasteiger partial charge < -0.3 is 5.32 Å². The summed E-state index contributed by atoms with van der Waals surface area (Å²) in [6.45, 7) is 1.98. The van der Waals surface area contributed by atoms with E-state index < -0.39 is 0 Å². The van der Waals surface area contributed by atoms with Gasteiger partial charge in [0.25, 0.3) is 0 Å². The van der Waals surface area contributed by atoms with Gasteiger partial charge >= 0.3 is 0 Å². The van der Waals surface area contributed by atoms with Crippen molar-refractivity contribution in [2.75, 3.05) is 0 Å². The Bertz CT molecular complexity index is 300. The van der Waals surface area contributed by atoms with E-state index in [1.54, 1.807) is 6.20 Å². The van der Waals surface area contributed by atoms with Crippen molar-refractivity contribution >= 4 is 5.91 Å². The number of aromatic nitrogens is 1. The van der Waals surface area contributed by atoms with Crippen LogP contribution in [0, 0.1) is 0 Å². The molecule has 0 spiro atoms. The molecule has 1 unspecified atom stereocenters. The number of nitrogens with zero attached hydrogens (tertiary/aromatic N) is 1. The van der Waals surface area contributed by atoms with Gasteiger partial charge in [0, 0.05) is 6.20 Å². The molecule has 0 saturated carbocycles. The topological polar surface area (TPSA) is 42.0 Å². The van der Waals surface area contributed by atoms with Gasteiger partial charge in [-0.05, 0) is 19.1 Å². The molecule has 1 amide bonds. The second-order valence-electron chi connectivity index (χ2n) is 3.27. The first-order valence-corrected chi connectivity index (χ1v) is 3.93. The summed E-state index contributed by atoms with van der Waals surface area (Å²) in [5.74, 6) is 0.100. The summed E-state index contributed by atoms with van der Waals surface area (Å²) < 4.78 is 0. The van der Waals surface area contributed by atoms with E-state index in [1.807, 2.05) is 25.1 Å². The average molecular weight is 162 g/mol. The van der Waals surface area contributed by atoms with Gasteiger partial charge in [-0.3, -0.25) is 9.78 Å². The van der Waals surface area contributed by atoms with Crippen molar-refractivity contribution in [2.24, 2.45) is 0 Å². The van der Waals surface area contributed by atoms with Crippen LogP contribution >= 0.6 is 0 Å². The number of hydrogen-bond donors (Lipinski definition) is 1. The van der Waals surface area contributed by atoms with E-state index in [0.717, 1.165) is 5.69 Å². The van der Waals surface area contributed by atoms with Crippen LogP contribution in [0.5, 0.6) is 0 Å². The molecule has 3 nitrogen and oxygen atoms in total. The fraction of sp³-hybridized carbons (Fsp3) is 0.333. The van der Waals surface area contributed by atoms with Crippen LogP contribution in [0.25, 0.3) is 0 Å². The van der Waals surface area contributed by atoms with Gasteiger partial charge in [0.2, 0.25) is 5.91 Å². The third kappa shape index (κ3) is 0.978. The summed E-state index contributed by atoms with van der Waals surface area (Å²) >= 11 is 0. The van der Waals surface area contributed by atoms with Crippen LogP contribution in [0.4, 0.5) is 0 Å². The third-order valence-electron chi connectivity index (χ3n) is 2.16. The summed E-state index contributed by atoms with van der Waals surface area (Å²) in [5.41, 5.74) is 0.711. The van der Waals surface area contributed by atoms with E-state index in [1.165, 1.54) is 0 Å². The van der Waals surface area contributed by atoms with Crippen molar-refractivity contribution in [3.63, 3.8) is 0 Å². The van der Waals surface area contributed by atoms with Crippen LogP contribution in [0.3, 0.4) is 0 Å². The minimum atomic E-state index is -0.224. The number of carbonyl (C=O) groups excluding carboxylic acids is 1. The van der Waals surface area contributed by atoms with Gasteiger partial charge in [0.15, 0.2) is 0 Å². The lowest BCUT2D eigenvalue weighted by atomic mass is 9.86. The maximum absolute atomic E-state index is 10.7. The van der Waals surface area contributed by atoms with Crippen molar-refractivity contribution in [2.45, 2.75) is 18.9 Å². The van der Waals surface area contributed by atoms with Crippen LogP contribution in [0.2, 0.25) is 0 Å². The molecule has 1 fully saturated rings. The molecule has 1 N–H and O–H groups in total. The van der Waals surface area contributed by atoms with Crippen LogP contribution in [-0.2, 0) is 10.3 Å². The molecule has 3 heteroatoms. The molecule has 2 rings (SSSR count). The Morgan fingerprint density at radius 1 is 1.58 bits per heavy atom. The summed E-state index contributed by atoms with van der Waals surface area (Å²) in [6, 6.07) is 5.73. The van der Waals surface area contributed by atoms with Gasteiger partial charge in [-0.2, -0.15) is 0 Å². The zero-order valence-electron chi connectivity index (χ0n) is 6.87. The molecule has 1 atom stereocenters. The summed E-state index contributed by atoms with van der Waals surface area (Å²) in [7, 11) is 0. The molecule has 0 radical (unpaired) electrons. The number of β-lactam (4-membered cyclic amide) rings is 1. The SMILES string of the molecule is CC1(c2ccccn2)CC(=O)N1. The Hall–Kier alpha value is -1.38. The van der Waals surface area contributed by atoms with Crippen LogP contribution < -0.4 is 5.32 Å². The summed E-state index contributed by atoms with van der Waals surface area (Å²) in [4.78, 5) is 14.9. The molecule has 0 aliphatic carbocycles. The Morgan fingerprint density at radius 2 is 2.33 bits per heavy atom. The first-order chi connectivity index (χ1) is 5.71. The maximum Gasteiger partial charge on any atom is 0.223 e. The molecule has 1 saturated heterocycles. The third-order valence-corrected chi connectivity index (χ3v) is 2.16. The Labute approximate surface area is 70.8 Å². The highest BCUT2D eigenvalue weighted by Gasteiger charge is 2.40. The fourth-order valence-electron chi connectivity index (χ4n) is 1.45. The molecule has 1 aliphatic heterocycles. The maximum atomic E-state index is 10.7. The second kappa shape index (κ2) is 2.30. The smallest absolute Gasteiger partial charge is 0.223 e. The lowest BCUT2D eigenvalue weighted by Crippen LogP contribution is -2.56. The van der Waals surface area contributed by atoms with Gasteiger partial charge in [-0.25, -0.2) is 0 Å². The highest BCUT2D eigenvalue weighted by molar-refractivity contribution is 5.84. The first kappa shape index (κ1) is 7.28. The molecular formula is C9H10N2O. The molecule has 2 heterocycles. The standard InChI is InChI=1S/C9H10N2O/c1-9(6-8(12)11-9)7-4-2-3-5-10-7/h2-5H,6H2,1H3,(H,11,12). The minimum absolute atomic E-state index is 0.100. The number of amides is 1. The molecular weight excluding hydrogens is 152 g/mol. The van der Waals surface area contributed by atoms with E-state index in [-0.39, 0.29) is 11.4 Å². The van der Waals surface area contributed by atoms with Gasteiger partial charge in [-0.15, -0.1) is 0 Å². The zero-order chi connectivity index (χ0) is 8.60. The van der Waals surface area contributed by atoms with E-state index in [9.17, 15) is 4.79 Å². The first-order valence-electron chi connectivity index (χ1n) is 3.93. The molecule has 1 aromatic heterocycles. The van der Waals surface area contributed by atoms with Crippen molar-refractivity contribution in [3.05, 3.63) is 30.1 Å². The molecule has 0 bridgehead atoms. The Morgan fingerprint density at radius 3 is 2.83 bits per heavy atom. The zero-order valence-corrected chi connectivity index (χ0v) is 6.87. The largest absolute Gasteiger partial charge is 0.345 e. The number of hydrogen-bond acceptors (Lipinski definition) is 2. The summed E-state index contributed by atoms with van der Waals surface area (Å²) in [5, 5.41) is 2.83. The Balaban J connectivity index is 2.27. The molecule has 62 valence electrons. The normalized spacial score (nSPS) is 27.6. The number of rotatable bonds is 1. The molecule has 12 heavy (non-hydrogen) atoms. The van der Waals surface area contributed by atoms with Crippen molar-refractivity contribution in [1.29, 1.82) is 0 Å². The van der Waals surface area contributed by atoms with Crippen molar-refractivity contribution in [3.8, 4) is 0 Å². The quantitative estimate of drug-likeness (QED) is 0.621. The van der Waals surface area contributed by atoms with Gasteiger partial charge in [0.1, 0.15) is 0 Å². The fourth-order valence-corrected chi connectivity index (χ4v) is 1.45. The lowest BCUT2D eigenvalue weighted by molar-refractivity contribution is -0.132. The monoisotopic (exact) mass is 162 g/mol. The molecule has 1 aromatic rings. The predicted molar refractivity (Wildman–Crippen MR) is 44.3 cm³/mol. The lowest BCUT2D eigenvalue weighted by Gasteiger charge is -2.38. The highest BCUT2D eigenvalue weighted by Crippen LogP contribution is 2.29. The van der Waals surface area contributed by atoms with Gasteiger partial charge in [0.05, 0.1) is 17.7 Å². The predicted octanol–water partition coefficient (Wildman–Crippen LogP) is 0.817. The minimum Gasteiger partial charge on any atom is -0.345 e. The van der Waals surface area contributed by atoms with Gasteiger partial charge in [-0.1, -0.05) is 6.07 Å². The van der Waals surface area contributed by atoms with Crippen molar-refractivity contribution < 1.29 is 4.79 Å². The number of pyridine rings is 1. The van der Waals surface area contributed by atoms with E-state index >= 15 is 0 Å². The van der Waals surface area contributed by atoms with E-state index in [4.69, 9.17) is 0 Å². The highest BCUT2D eigenvalue weighted by atomic mass is 16.2. The number of carbonyl (C=O) groups is 1. The van der Waals surface area contributed by atoms with Crippen LogP contribution in [-0.4, -0.2) is 10.9 Å².